The summed E-state index contributed by atoms with van der Waals surface area (Å²) in [5.41, 5.74) is 5.27. The van der Waals surface area contributed by atoms with Gasteiger partial charge in [0.1, 0.15) is 0 Å². The van der Waals surface area contributed by atoms with Crippen LogP contribution in [0.2, 0.25) is 10.0 Å². The average Bonchev–Trinajstić information content (AvgIpc) is 2.27. The zero-order valence-electron chi connectivity index (χ0n) is 9.15. The fraction of sp³-hybridized carbons (Fsp3) is 0.400. The molecule has 7 heteroatoms. The molecule has 0 spiro atoms. The third-order valence-corrected chi connectivity index (χ3v) is 2.67. The van der Waals surface area contributed by atoms with E-state index >= 15 is 0 Å². The summed E-state index contributed by atoms with van der Waals surface area (Å²) in [6, 6.07) is 2.41. The molecule has 0 aliphatic rings. The Morgan fingerprint density at radius 2 is 2.00 bits per heavy atom. The second-order valence-electron chi connectivity index (χ2n) is 3.65. The number of benzene rings is 1. The second kappa shape index (κ2) is 6.05. The van der Waals surface area contributed by atoms with E-state index in [4.69, 9.17) is 33.7 Å². The zero-order chi connectivity index (χ0) is 13.0. The zero-order valence-corrected chi connectivity index (χ0v) is 10.7. The Kier molecular flexibility index (Phi) is 4.99. The lowest BCUT2D eigenvalue weighted by atomic mass is 10.2. The molecule has 0 aliphatic heterocycles. The summed E-state index contributed by atoms with van der Waals surface area (Å²) in [5.74, 6) is 0.400. The molecule has 0 aromatic heterocycles. The van der Waals surface area contributed by atoms with Crippen molar-refractivity contribution in [2.75, 3.05) is 13.2 Å². The number of non-ortho nitro benzene ring substituents is 1. The van der Waals surface area contributed by atoms with Crippen LogP contribution in [0.1, 0.15) is 6.92 Å². The first-order chi connectivity index (χ1) is 7.95. The van der Waals surface area contributed by atoms with E-state index < -0.39 is 4.92 Å². The molecule has 1 atom stereocenters. The Balaban J connectivity index is 2.90. The molecular weight excluding hydrogens is 267 g/mol. The number of nitrogens with zero attached hydrogens (tertiary/aromatic N) is 1. The van der Waals surface area contributed by atoms with E-state index in [1.165, 1.54) is 12.1 Å². The summed E-state index contributed by atoms with van der Waals surface area (Å²) in [5, 5.41) is 10.8. The highest BCUT2D eigenvalue weighted by Gasteiger charge is 2.16. The smallest absolute Gasteiger partial charge is 0.272 e. The van der Waals surface area contributed by atoms with E-state index in [2.05, 4.69) is 0 Å². The quantitative estimate of drug-likeness (QED) is 0.664. The average molecular weight is 279 g/mol. The standard InChI is InChI=1S/C10H12Cl2N2O3/c1-6(4-13)5-17-10-8(11)2-7(14(15)16)3-9(10)12/h2-3,6H,4-5,13H2,1H3. The van der Waals surface area contributed by atoms with Gasteiger partial charge < -0.3 is 10.5 Å². The number of ether oxygens (including phenoxy) is 1. The number of nitro benzene ring substituents is 1. The largest absolute Gasteiger partial charge is 0.490 e. The monoisotopic (exact) mass is 278 g/mol. The second-order valence-corrected chi connectivity index (χ2v) is 4.46. The highest BCUT2D eigenvalue weighted by molar-refractivity contribution is 6.37. The van der Waals surface area contributed by atoms with Gasteiger partial charge in [0, 0.05) is 18.1 Å². The molecule has 5 nitrogen and oxygen atoms in total. The highest BCUT2D eigenvalue weighted by atomic mass is 35.5. The Bertz CT molecular complexity index is 403. The summed E-state index contributed by atoms with van der Waals surface area (Å²) in [6.07, 6.45) is 0. The third-order valence-electron chi connectivity index (χ3n) is 2.11. The lowest BCUT2D eigenvalue weighted by molar-refractivity contribution is -0.384. The van der Waals surface area contributed by atoms with Gasteiger partial charge in [0.05, 0.1) is 21.6 Å². The van der Waals surface area contributed by atoms with Gasteiger partial charge in [-0.3, -0.25) is 10.1 Å². The summed E-state index contributed by atoms with van der Waals surface area (Å²) >= 11 is 11.7. The molecule has 0 heterocycles. The van der Waals surface area contributed by atoms with Gasteiger partial charge in [-0.1, -0.05) is 30.1 Å². The van der Waals surface area contributed by atoms with Crippen LogP contribution in [0.25, 0.3) is 0 Å². The molecule has 0 saturated heterocycles. The van der Waals surface area contributed by atoms with Crippen LogP contribution in [-0.4, -0.2) is 18.1 Å². The molecule has 17 heavy (non-hydrogen) atoms. The Morgan fingerprint density at radius 1 is 1.47 bits per heavy atom. The number of hydrogen-bond acceptors (Lipinski definition) is 4. The molecule has 1 aromatic carbocycles. The number of nitrogens with two attached hydrogens (primary N) is 1. The van der Waals surface area contributed by atoms with Crippen molar-refractivity contribution in [2.24, 2.45) is 11.7 Å². The minimum absolute atomic E-state index is 0.119. The minimum Gasteiger partial charge on any atom is -0.490 e. The SMILES string of the molecule is CC(CN)COc1c(Cl)cc([N+](=O)[O-])cc1Cl. The van der Waals surface area contributed by atoms with Crippen LogP contribution in [0.4, 0.5) is 5.69 Å². The van der Waals surface area contributed by atoms with Crippen molar-refractivity contribution >= 4 is 28.9 Å². The van der Waals surface area contributed by atoms with Gasteiger partial charge in [0.25, 0.3) is 5.69 Å². The maximum atomic E-state index is 10.6. The van der Waals surface area contributed by atoms with Crippen LogP contribution in [0.5, 0.6) is 5.75 Å². The van der Waals surface area contributed by atoms with Gasteiger partial charge in [-0.05, 0) is 6.54 Å². The van der Waals surface area contributed by atoms with Crippen molar-refractivity contribution in [3.63, 3.8) is 0 Å². The molecule has 0 amide bonds. The van der Waals surface area contributed by atoms with Crippen molar-refractivity contribution < 1.29 is 9.66 Å². The molecule has 0 saturated carbocycles. The highest BCUT2D eigenvalue weighted by Crippen LogP contribution is 2.36. The van der Waals surface area contributed by atoms with Gasteiger partial charge in [-0.2, -0.15) is 0 Å². The van der Waals surface area contributed by atoms with Crippen LogP contribution < -0.4 is 10.5 Å². The predicted molar refractivity (Wildman–Crippen MR) is 66.8 cm³/mol. The van der Waals surface area contributed by atoms with E-state index in [0.717, 1.165) is 0 Å². The maximum absolute atomic E-state index is 10.6. The van der Waals surface area contributed by atoms with Crippen molar-refractivity contribution in [1.29, 1.82) is 0 Å². The summed E-state index contributed by atoms with van der Waals surface area (Å²) in [7, 11) is 0. The predicted octanol–water partition coefficient (Wildman–Crippen LogP) is 2.88. The number of hydrogen-bond donors (Lipinski definition) is 1. The van der Waals surface area contributed by atoms with Gasteiger partial charge in [0.2, 0.25) is 0 Å². The van der Waals surface area contributed by atoms with Crippen LogP contribution >= 0.6 is 23.2 Å². The first kappa shape index (κ1) is 14.0. The van der Waals surface area contributed by atoms with Gasteiger partial charge in [-0.25, -0.2) is 0 Å². The van der Waals surface area contributed by atoms with Crippen molar-refractivity contribution in [2.45, 2.75) is 6.92 Å². The van der Waals surface area contributed by atoms with Crippen LogP contribution in [-0.2, 0) is 0 Å². The van der Waals surface area contributed by atoms with Gasteiger partial charge >= 0.3 is 0 Å². The number of halogens is 2. The summed E-state index contributed by atoms with van der Waals surface area (Å²) in [6.45, 7) is 2.74. The van der Waals surface area contributed by atoms with Crippen molar-refractivity contribution in [3.05, 3.63) is 32.3 Å². The molecule has 0 aliphatic carbocycles. The van der Waals surface area contributed by atoms with Crippen molar-refractivity contribution in [3.8, 4) is 5.75 Å². The van der Waals surface area contributed by atoms with E-state index in [1.54, 1.807) is 0 Å². The first-order valence-electron chi connectivity index (χ1n) is 4.92. The molecule has 2 N–H and O–H groups in total. The van der Waals surface area contributed by atoms with Crippen LogP contribution in [0.3, 0.4) is 0 Å². The Labute approximate surface area is 109 Å². The maximum Gasteiger partial charge on any atom is 0.272 e. The van der Waals surface area contributed by atoms with Gasteiger partial charge in [0.15, 0.2) is 5.75 Å². The van der Waals surface area contributed by atoms with E-state index in [-0.39, 0.29) is 27.4 Å². The minimum atomic E-state index is -0.565. The summed E-state index contributed by atoms with van der Waals surface area (Å²) in [4.78, 5) is 9.99. The fourth-order valence-electron chi connectivity index (χ4n) is 1.08. The van der Waals surface area contributed by atoms with Crippen LogP contribution in [0, 0.1) is 16.0 Å². The van der Waals surface area contributed by atoms with E-state index in [9.17, 15) is 10.1 Å². The third kappa shape index (κ3) is 3.73. The molecule has 0 fully saturated rings. The lowest BCUT2D eigenvalue weighted by Crippen LogP contribution is -2.18. The molecule has 0 bridgehead atoms. The normalized spacial score (nSPS) is 12.2. The number of rotatable bonds is 5. The molecule has 94 valence electrons. The molecule has 1 unspecified atom stereocenters. The van der Waals surface area contributed by atoms with E-state index in [0.29, 0.717) is 13.2 Å². The first-order valence-corrected chi connectivity index (χ1v) is 5.67. The summed E-state index contributed by atoms with van der Waals surface area (Å²) < 4.78 is 5.39. The van der Waals surface area contributed by atoms with E-state index in [1.807, 2.05) is 6.92 Å². The molecular formula is C10H12Cl2N2O3. The molecule has 1 aromatic rings. The fourth-order valence-corrected chi connectivity index (χ4v) is 1.67. The Hall–Kier alpha value is -1.04. The molecule has 1 rings (SSSR count). The number of nitro groups is 1. The lowest BCUT2D eigenvalue weighted by Gasteiger charge is -2.13. The Morgan fingerprint density at radius 3 is 2.41 bits per heavy atom. The molecule has 0 radical (unpaired) electrons. The van der Waals surface area contributed by atoms with Crippen LogP contribution in [0.15, 0.2) is 12.1 Å². The topological polar surface area (TPSA) is 78.4 Å². The van der Waals surface area contributed by atoms with Gasteiger partial charge in [-0.15, -0.1) is 0 Å². The van der Waals surface area contributed by atoms with Crippen molar-refractivity contribution in [1.82, 2.24) is 0 Å².